The van der Waals surface area contributed by atoms with Crippen molar-refractivity contribution in [2.24, 2.45) is 0 Å². The van der Waals surface area contributed by atoms with Crippen LogP contribution in [0.15, 0.2) is 12.1 Å². The normalized spacial score (nSPS) is 9.80. The van der Waals surface area contributed by atoms with Crippen molar-refractivity contribution < 1.29 is 23.8 Å². The molecule has 1 rings (SSSR count). The lowest BCUT2D eigenvalue weighted by Crippen LogP contribution is -2.10. The first kappa shape index (κ1) is 11.3. The highest BCUT2D eigenvalue weighted by atomic mass is 19.1. The number of aldehydes is 1. The zero-order valence-electron chi connectivity index (χ0n) is 7.99. The van der Waals surface area contributed by atoms with Gasteiger partial charge in [0.15, 0.2) is 6.29 Å². The lowest BCUT2D eigenvalue weighted by Gasteiger charge is -2.07. The van der Waals surface area contributed by atoms with E-state index in [2.05, 4.69) is 4.74 Å². The molecule has 0 saturated heterocycles. The minimum absolute atomic E-state index is 0.0546. The molecule has 0 saturated carbocycles. The van der Waals surface area contributed by atoms with Crippen molar-refractivity contribution in [3.63, 3.8) is 0 Å². The maximum atomic E-state index is 13.5. The van der Waals surface area contributed by atoms with Crippen LogP contribution < -0.4 is 0 Å². The second kappa shape index (κ2) is 4.65. The van der Waals surface area contributed by atoms with E-state index < -0.39 is 24.0 Å². The van der Waals surface area contributed by atoms with Crippen molar-refractivity contribution in [2.45, 2.75) is 6.61 Å². The maximum Gasteiger partial charge on any atom is 0.341 e. The standard InChI is InChI=1S/C10H9FO4/c1-15-10(14)8-6(4-12)2-3-7(5-13)9(8)11/h2-4,13H,5H2,1H3. The Kier molecular flexibility index (Phi) is 3.51. The van der Waals surface area contributed by atoms with Crippen LogP contribution in [-0.2, 0) is 11.3 Å². The monoisotopic (exact) mass is 212 g/mol. The number of benzene rings is 1. The van der Waals surface area contributed by atoms with Gasteiger partial charge in [-0.2, -0.15) is 0 Å². The number of carbonyl (C=O) groups excluding carboxylic acids is 2. The molecule has 1 aromatic carbocycles. The van der Waals surface area contributed by atoms with Crippen molar-refractivity contribution in [3.05, 3.63) is 34.6 Å². The van der Waals surface area contributed by atoms with Gasteiger partial charge in [0.1, 0.15) is 11.4 Å². The maximum absolute atomic E-state index is 13.5. The summed E-state index contributed by atoms with van der Waals surface area (Å²) in [5, 5.41) is 8.78. The van der Waals surface area contributed by atoms with Gasteiger partial charge in [0.25, 0.3) is 0 Å². The van der Waals surface area contributed by atoms with Crippen LogP contribution in [0, 0.1) is 5.82 Å². The van der Waals surface area contributed by atoms with E-state index in [0.717, 1.165) is 7.11 Å². The van der Waals surface area contributed by atoms with Gasteiger partial charge in [-0.05, 0) is 0 Å². The number of aliphatic hydroxyl groups excluding tert-OH is 1. The van der Waals surface area contributed by atoms with E-state index in [0.29, 0.717) is 6.29 Å². The molecule has 0 aliphatic heterocycles. The van der Waals surface area contributed by atoms with Crippen LogP contribution in [0.1, 0.15) is 26.3 Å². The van der Waals surface area contributed by atoms with Crippen LogP contribution in [0.3, 0.4) is 0 Å². The zero-order chi connectivity index (χ0) is 11.4. The highest BCUT2D eigenvalue weighted by molar-refractivity contribution is 5.98. The third kappa shape index (κ3) is 2.02. The summed E-state index contributed by atoms with van der Waals surface area (Å²) in [6.07, 6.45) is 0.358. The largest absolute Gasteiger partial charge is 0.465 e. The summed E-state index contributed by atoms with van der Waals surface area (Å²) in [6.45, 7) is -0.547. The summed E-state index contributed by atoms with van der Waals surface area (Å²) in [4.78, 5) is 21.7. The Morgan fingerprint density at radius 2 is 2.27 bits per heavy atom. The summed E-state index contributed by atoms with van der Waals surface area (Å²) < 4.78 is 17.9. The Morgan fingerprint density at radius 1 is 1.60 bits per heavy atom. The number of hydrogen-bond donors (Lipinski definition) is 1. The fourth-order valence-electron chi connectivity index (χ4n) is 1.16. The van der Waals surface area contributed by atoms with E-state index in [1.165, 1.54) is 12.1 Å². The highest BCUT2D eigenvalue weighted by Crippen LogP contribution is 2.17. The van der Waals surface area contributed by atoms with Gasteiger partial charge in [-0.15, -0.1) is 0 Å². The predicted molar refractivity (Wildman–Crippen MR) is 49.0 cm³/mol. The van der Waals surface area contributed by atoms with E-state index in [1.807, 2.05) is 0 Å². The Balaban J connectivity index is 3.42. The van der Waals surface area contributed by atoms with Gasteiger partial charge < -0.3 is 9.84 Å². The minimum Gasteiger partial charge on any atom is -0.465 e. The van der Waals surface area contributed by atoms with Crippen LogP contribution in [0.25, 0.3) is 0 Å². The molecule has 0 aliphatic rings. The minimum atomic E-state index is -0.940. The molecule has 0 bridgehead atoms. The van der Waals surface area contributed by atoms with Crippen molar-refractivity contribution in [1.29, 1.82) is 0 Å². The van der Waals surface area contributed by atoms with Gasteiger partial charge >= 0.3 is 5.97 Å². The molecule has 0 aliphatic carbocycles. The summed E-state index contributed by atoms with van der Waals surface area (Å²) in [7, 11) is 1.09. The molecule has 1 N–H and O–H groups in total. The Bertz CT molecular complexity index is 401. The third-order valence-electron chi connectivity index (χ3n) is 1.94. The van der Waals surface area contributed by atoms with Crippen molar-refractivity contribution >= 4 is 12.3 Å². The summed E-state index contributed by atoms with van der Waals surface area (Å²) in [5.41, 5.74) is -0.600. The Morgan fingerprint density at radius 3 is 2.73 bits per heavy atom. The number of methoxy groups -OCH3 is 1. The lowest BCUT2D eigenvalue weighted by atomic mass is 10.0. The molecular formula is C10H9FO4. The van der Waals surface area contributed by atoms with E-state index in [9.17, 15) is 14.0 Å². The molecule has 4 nitrogen and oxygen atoms in total. The molecule has 0 aromatic heterocycles. The molecule has 0 unspecified atom stereocenters. The fourth-order valence-corrected chi connectivity index (χ4v) is 1.16. The van der Waals surface area contributed by atoms with Crippen LogP contribution in [-0.4, -0.2) is 24.5 Å². The van der Waals surface area contributed by atoms with Crippen LogP contribution in [0.4, 0.5) is 4.39 Å². The number of carbonyl (C=O) groups is 2. The number of aliphatic hydroxyl groups is 1. The Labute approximate surface area is 85.3 Å². The first-order valence-electron chi connectivity index (χ1n) is 4.11. The molecule has 1 aromatic rings. The fraction of sp³-hybridized carbons (Fsp3) is 0.200. The molecule has 15 heavy (non-hydrogen) atoms. The van der Waals surface area contributed by atoms with E-state index >= 15 is 0 Å². The van der Waals surface area contributed by atoms with Gasteiger partial charge in [-0.3, -0.25) is 4.79 Å². The Hall–Kier alpha value is -1.75. The zero-order valence-corrected chi connectivity index (χ0v) is 7.99. The average Bonchev–Trinajstić information content (AvgIpc) is 2.27. The number of hydrogen-bond acceptors (Lipinski definition) is 4. The first-order chi connectivity index (χ1) is 7.15. The highest BCUT2D eigenvalue weighted by Gasteiger charge is 2.19. The molecule has 0 radical (unpaired) electrons. The van der Waals surface area contributed by atoms with E-state index in [-0.39, 0.29) is 11.1 Å². The van der Waals surface area contributed by atoms with Crippen LogP contribution >= 0.6 is 0 Å². The first-order valence-corrected chi connectivity index (χ1v) is 4.11. The van der Waals surface area contributed by atoms with Crippen molar-refractivity contribution in [2.75, 3.05) is 7.11 Å². The molecule has 5 heteroatoms. The average molecular weight is 212 g/mol. The van der Waals surface area contributed by atoms with Gasteiger partial charge in [0.2, 0.25) is 0 Å². The van der Waals surface area contributed by atoms with E-state index in [4.69, 9.17) is 5.11 Å². The van der Waals surface area contributed by atoms with Gasteiger partial charge in [-0.25, -0.2) is 9.18 Å². The number of ether oxygens (including phenoxy) is 1. The van der Waals surface area contributed by atoms with Crippen LogP contribution in [0.5, 0.6) is 0 Å². The molecule has 80 valence electrons. The third-order valence-corrected chi connectivity index (χ3v) is 1.94. The summed E-state index contributed by atoms with van der Waals surface area (Å²) >= 11 is 0. The lowest BCUT2D eigenvalue weighted by molar-refractivity contribution is 0.0592. The smallest absolute Gasteiger partial charge is 0.341 e. The van der Waals surface area contributed by atoms with E-state index in [1.54, 1.807) is 0 Å². The second-order valence-corrected chi connectivity index (χ2v) is 2.77. The summed E-state index contributed by atoms with van der Waals surface area (Å²) in [5.74, 6) is -1.86. The molecule has 0 amide bonds. The van der Waals surface area contributed by atoms with Gasteiger partial charge in [0.05, 0.1) is 13.7 Å². The van der Waals surface area contributed by atoms with Crippen LogP contribution in [0.2, 0.25) is 0 Å². The molecule has 0 spiro atoms. The SMILES string of the molecule is COC(=O)c1c(C=O)ccc(CO)c1F. The van der Waals surface area contributed by atoms with Gasteiger partial charge in [0, 0.05) is 11.1 Å². The number of halogens is 1. The molecular weight excluding hydrogens is 203 g/mol. The quantitative estimate of drug-likeness (QED) is 0.597. The number of esters is 1. The second-order valence-electron chi connectivity index (χ2n) is 2.77. The summed E-state index contributed by atoms with van der Waals surface area (Å²) in [6, 6.07) is 2.50. The van der Waals surface area contributed by atoms with Crippen molar-refractivity contribution in [1.82, 2.24) is 0 Å². The van der Waals surface area contributed by atoms with Gasteiger partial charge in [-0.1, -0.05) is 12.1 Å². The molecule has 0 fully saturated rings. The topological polar surface area (TPSA) is 63.6 Å². The molecule has 0 heterocycles. The van der Waals surface area contributed by atoms with Crippen molar-refractivity contribution in [3.8, 4) is 0 Å². The number of rotatable bonds is 3. The predicted octanol–water partition coefficient (Wildman–Crippen LogP) is 0.917. The molecule has 0 atom stereocenters.